The molecule has 0 bridgehead atoms. The van der Waals surface area contributed by atoms with Gasteiger partial charge in [-0.25, -0.2) is 10.8 Å². The van der Waals surface area contributed by atoms with Crippen LogP contribution in [0.25, 0.3) is 0 Å². The summed E-state index contributed by atoms with van der Waals surface area (Å²) in [5.74, 6) is 6.93. The molecule has 0 aliphatic carbocycles. The highest BCUT2D eigenvalue weighted by atomic mass is 79.9. The Labute approximate surface area is 129 Å². The highest BCUT2D eigenvalue weighted by Crippen LogP contribution is 2.28. The molecule has 0 radical (unpaired) electrons. The third-order valence-electron chi connectivity index (χ3n) is 2.60. The van der Waals surface area contributed by atoms with E-state index >= 15 is 0 Å². The summed E-state index contributed by atoms with van der Waals surface area (Å²) in [5, 5.41) is 3.79. The van der Waals surface area contributed by atoms with Crippen molar-refractivity contribution in [2.75, 3.05) is 17.9 Å². The number of aromatic nitrogens is 2. The number of benzene rings is 1. The van der Waals surface area contributed by atoms with E-state index in [-0.39, 0.29) is 0 Å². The van der Waals surface area contributed by atoms with Gasteiger partial charge >= 0.3 is 0 Å². The quantitative estimate of drug-likeness (QED) is 0.563. The van der Waals surface area contributed by atoms with Crippen LogP contribution in [0.3, 0.4) is 0 Å². The van der Waals surface area contributed by atoms with E-state index in [0.717, 1.165) is 10.0 Å². The van der Waals surface area contributed by atoms with Gasteiger partial charge in [-0.2, -0.15) is 4.98 Å². The van der Waals surface area contributed by atoms with Gasteiger partial charge in [0.15, 0.2) is 0 Å². The van der Waals surface area contributed by atoms with Crippen molar-refractivity contribution >= 4 is 39.3 Å². The van der Waals surface area contributed by atoms with Crippen molar-refractivity contribution in [1.82, 2.24) is 9.97 Å². The molecule has 0 spiro atoms. The first-order chi connectivity index (χ1) is 9.65. The van der Waals surface area contributed by atoms with Crippen molar-refractivity contribution < 1.29 is 4.74 Å². The Balaban J connectivity index is 2.21. The minimum absolute atomic E-state index is 0.321. The van der Waals surface area contributed by atoms with E-state index in [4.69, 9.17) is 22.2 Å². The molecule has 4 N–H and O–H groups in total. The molecule has 0 aliphatic rings. The Morgan fingerprint density at radius 3 is 2.95 bits per heavy atom. The summed E-state index contributed by atoms with van der Waals surface area (Å²) in [4.78, 5) is 8.18. The van der Waals surface area contributed by atoms with Crippen LogP contribution in [-0.2, 0) is 6.54 Å². The normalized spacial score (nSPS) is 10.2. The Bertz CT molecular complexity index is 610. The van der Waals surface area contributed by atoms with Gasteiger partial charge in [0, 0.05) is 23.3 Å². The maximum atomic E-state index is 6.18. The number of methoxy groups -OCH3 is 1. The zero-order chi connectivity index (χ0) is 14.5. The van der Waals surface area contributed by atoms with E-state index < -0.39 is 0 Å². The van der Waals surface area contributed by atoms with Crippen LogP contribution in [0.4, 0.5) is 11.8 Å². The van der Waals surface area contributed by atoms with Gasteiger partial charge in [-0.1, -0.05) is 17.7 Å². The van der Waals surface area contributed by atoms with E-state index in [0.29, 0.717) is 29.1 Å². The second-order valence-corrected chi connectivity index (χ2v) is 5.07. The second-order valence-electron chi connectivity index (χ2n) is 3.81. The van der Waals surface area contributed by atoms with Gasteiger partial charge in [-0.15, -0.1) is 0 Å². The van der Waals surface area contributed by atoms with Gasteiger partial charge in [0.1, 0.15) is 11.6 Å². The zero-order valence-electron chi connectivity index (χ0n) is 10.7. The van der Waals surface area contributed by atoms with Gasteiger partial charge < -0.3 is 10.1 Å². The van der Waals surface area contributed by atoms with Crippen LogP contribution in [0.15, 0.2) is 28.9 Å². The van der Waals surface area contributed by atoms with Crippen molar-refractivity contribution in [2.45, 2.75) is 6.54 Å². The summed E-state index contributed by atoms with van der Waals surface area (Å²) in [5.41, 5.74) is 3.24. The molecular weight excluding hydrogens is 346 g/mol. The van der Waals surface area contributed by atoms with Crippen LogP contribution in [0.5, 0.6) is 5.75 Å². The number of hydrazine groups is 1. The predicted octanol–water partition coefficient (Wildman–Crippen LogP) is 2.80. The van der Waals surface area contributed by atoms with Gasteiger partial charge in [0.2, 0.25) is 5.95 Å². The maximum Gasteiger partial charge on any atom is 0.239 e. The van der Waals surface area contributed by atoms with Gasteiger partial charge in [-0.3, -0.25) is 5.43 Å². The number of rotatable bonds is 5. The third kappa shape index (κ3) is 3.30. The number of nitrogen functional groups attached to an aromatic ring is 1. The van der Waals surface area contributed by atoms with Crippen LogP contribution in [0.1, 0.15) is 5.56 Å². The summed E-state index contributed by atoms with van der Waals surface area (Å²) < 4.78 is 6.01. The molecule has 1 aromatic heterocycles. The summed E-state index contributed by atoms with van der Waals surface area (Å²) >= 11 is 9.54. The van der Waals surface area contributed by atoms with Crippen molar-refractivity contribution in [3.8, 4) is 5.75 Å². The number of anilines is 2. The molecule has 1 heterocycles. The summed E-state index contributed by atoms with van der Waals surface area (Å²) in [6.07, 6.45) is 1.61. The first-order valence-corrected chi connectivity index (χ1v) is 6.87. The molecule has 8 heteroatoms. The number of hydrogen-bond acceptors (Lipinski definition) is 6. The molecule has 20 heavy (non-hydrogen) atoms. The molecule has 0 fully saturated rings. The van der Waals surface area contributed by atoms with Crippen LogP contribution >= 0.6 is 27.5 Å². The van der Waals surface area contributed by atoms with Crippen LogP contribution < -0.4 is 21.3 Å². The lowest BCUT2D eigenvalue weighted by atomic mass is 10.2. The molecule has 0 saturated carbocycles. The fourth-order valence-electron chi connectivity index (χ4n) is 1.63. The number of nitrogens with two attached hydrogens (primary N) is 1. The Hall–Kier alpha value is -1.57. The van der Waals surface area contributed by atoms with Crippen molar-refractivity contribution in [3.63, 3.8) is 0 Å². The molecule has 6 nitrogen and oxygen atoms in total. The molecule has 1 aromatic carbocycles. The number of nitrogens with zero attached hydrogens (tertiary/aromatic N) is 2. The van der Waals surface area contributed by atoms with E-state index in [2.05, 4.69) is 36.6 Å². The number of ether oxygens (including phenoxy) is 1. The second kappa shape index (κ2) is 6.74. The highest BCUT2D eigenvalue weighted by molar-refractivity contribution is 9.10. The molecule has 0 aliphatic heterocycles. The lowest BCUT2D eigenvalue weighted by molar-refractivity contribution is 0.410. The molecule has 0 saturated heterocycles. The molecule has 0 amide bonds. The summed E-state index contributed by atoms with van der Waals surface area (Å²) in [7, 11) is 1.60. The third-order valence-corrected chi connectivity index (χ3v) is 3.54. The molecule has 0 atom stereocenters. The SMILES string of the molecule is COc1cccc(Cl)c1CNc1nc(NN)ncc1Br. The Morgan fingerprint density at radius 1 is 1.45 bits per heavy atom. The van der Waals surface area contributed by atoms with Crippen molar-refractivity contribution in [2.24, 2.45) is 5.84 Å². The average Bonchev–Trinajstić information content (AvgIpc) is 2.47. The predicted molar refractivity (Wildman–Crippen MR) is 82.9 cm³/mol. The van der Waals surface area contributed by atoms with Crippen LogP contribution in [-0.4, -0.2) is 17.1 Å². The van der Waals surface area contributed by atoms with E-state index in [1.807, 2.05) is 18.2 Å². The fourth-order valence-corrected chi connectivity index (χ4v) is 2.20. The molecule has 106 valence electrons. The average molecular weight is 359 g/mol. The summed E-state index contributed by atoms with van der Waals surface area (Å²) in [6.45, 7) is 0.461. The van der Waals surface area contributed by atoms with Gasteiger partial charge in [-0.05, 0) is 28.1 Å². The minimum Gasteiger partial charge on any atom is -0.496 e. The minimum atomic E-state index is 0.321. The van der Waals surface area contributed by atoms with E-state index in [1.165, 1.54) is 0 Å². The molecule has 0 unspecified atom stereocenters. The van der Waals surface area contributed by atoms with Crippen LogP contribution in [0, 0.1) is 0 Å². The molecular formula is C12H13BrClN5O. The van der Waals surface area contributed by atoms with Crippen LogP contribution in [0.2, 0.25) is 5.02 Å². The number of hydrogen-bond donors (Lipinski definition) is 3. The Kier molecular flexibility index (Phi) is 4.99. The lowest BCUT2D eigenvalue weighted by Gasteiger charge is -2.13. The molecule has 2 rings (SSSR count). The van der Waals surface area contributed by atoms with E-state index in [9.17, 15) is 0 Å². The topological polar surface area (TPSA) is 85.1 Å². The van der Waals surface area contributed by atoms with Crippen molar-refractivity contribution in [1.29, 1.82) is 0 Å². The van der Waals surface area contributed by atoms with Crippen molar-refractivity contribution in [3.05, 3.63) is 39.5 Å². The zero-order valence-corrected chi connectivity index (χ0v) is 13.0. The first-order valence-electron chi connectivity index (χ1n) is 5.70. The first kappa shape index (κ1) is 14.8. The number of halogens is 2. The maximum absolute atomic E-state index is 6.18. The number of nitrogens with one attached hydrogen (secondary N) is 2. The van der Waals surface area contributed by atoms with E-state index in [1.54, 1.807) is 13.3 Å². The largest absolute Gasteiger partial charge is 0.496 e. The fraction of sp³-hybridized carbons (Fsp3) is 0.167. The highest BCUT2D eigenvalue weighted by Gasteiger charge is 2.09. The lowest BCUT2D eigenvalue weighted by Crippen LogP contribution is -2.12. The Morgan fingerprint density at radius 2 is 2.25 bits per heavy atom. The summed E-state index contributed by atoms with van der Waals surface area (Å²) in [6, 6.07) is 5.50. The van der Waals surface area contributed by atoms with Gasteiger partial charge in [0.25, 0.3) is 0 Å². The van der Waals surface area contributed by atoms with Gasteiger partial charge in [0.05, 0.1) is 11.6 Å². The molecule has 2 aromatic rings. The smallest absolute Gasteiger partial charge is 0.239 e. The standard InChI is InChI=1S/C12H13BrClN5O/c1-20-10-4-2-3-9(14)7(10)5-16-11-8(13)6-17-12(18-11)19-15/h2-4,6H,5,15H2,1H3,(H2,16,17,18,19). The monoisotopic (exact) mass is 357 g/mol.